The number of hydrogen-bond donors (Lipinski definition) is 2. The van der Waals surface area contributed by atoms with Crippen molar-refractivity contribution in [2.45, 2.75) is 45.6 Å². The van der Waals surface area contributed by atoms with Gasteiger partial charge in [-0.2, -0.15) is 13.2 Å². The van der Waals surface area contributed by atoms with E-state index in [1.54, 1.807) is 47.4 Å². The van der Waals surface area contributed by atoms with Crippen LogP contribution in [0.3, 0.4) is 0 Å². The minimum absolute atomic E-state index is 0.231. The molecule has 1 atom stereocenters. The Morgan fingerprint density at radius 2 is 1.73 bits per heavy atom. The fourth-order valence-electron chi connectivity index (χ4n) is 6.87. The third-order valence-corrected chi connectivity index (χ3v) is 14.4. The number of hydrogen-bond acceptors (Lipinski definition) is 13. The second kappa shape index (κ2) is 18.3. The summed E-state index contributed by atoms with van der Waals surface area (Å²) >= 11 is 1.42. The van der Waals surface area contributed by atoms with E-state index in [4.69, 9.17) is 0 Å². The predicted molar refractivity (Wildman–Crippen MR) is 230 cm³/mol. The Bertz CT molecular complexity index is 2810. The van der Waals surface area contributed by atoms with Crippen molar-refractivity contribution in [3.8, 4) is 0 Å². The van der Waals surface area contributed by atoms with Gasteiger partial charge in [-0.15, -0.1) is 11.8 Å². The van der Waals surface area contributed by atoms with E-state index in [0.29, 0.717) is 60.6 Å². The average molecular weight is 907 g/mol. The van der Waals surface area contributed by atoms with Gasteiger partial charge in [0.2, 0.25) is 0 Å². The lowest BCUT2D eigenvalue weighted by Crippen LogP contribution is -2.33. The molecule has 0 unspecified atom stereocenters. The van der Waals surface area contributed by atoms with Gasteiger partial charge < -0.3 is 24.8 Å². The summed E-state index contributed by atoms with van der Waals surface area (Å²) in [6, 6.07) is 21.0. The molecule has 6 aromatic rings. The molecule has 0 spiro atoms. The maximum absolute atomic E-state index is 14.1. The zero-order valence-corrected chi connectivity index (χ0v) is 35.9. The molecule has 0 saturated heterocycles. The Morgan fingerprint density at radius 1 is 0.952 bits per heavy atom. The summed E-state index contributed by atoms with van der Waals surface area (Å²) < 4.78 is 97.4. The lowest BCUT2D eigenvalue weighted by Gasteiger charge is -2.31. The first-order chi connectivity index (χ1) is 29.5. The van der Waals surface area contributed by atoms with Gasteiger partial charge in [0.05, 0.1) is 23.0 Å². The fourth-order valence-corrected chi connectivity index (χ4v) is 10.1. The third kappa shape index (κ3) is 10.1. The summed E-state index contributed by atoms with van der Waals surface area (Å²) in [7, 11) is -7.12. The van der Waals surface area contributed by atoms with Crippen LogP contribution in [0.2, 0.25) is 0 Å². The van der Waals surface area contributed by atoms with E-state index in [1.807, 2.05) is 60.3 Å². The molecule has 2 N–H and O–H groups in total. The van der Waals surface area contributed by atoms with Crippen molar-refractivity contribution >= 4 is 66.1 Å². The summed E-state index contributed by atoms with van der Waals surface area (Å²) in [5.41, 5.74) is -3.78. The molecule has 3 aromatic carbocycles. The molecular formula is C42H41F3N8O6S3. The van der Waals surface area contributed by atoms with E-state index in [1.165, 1.54) is 23.9 Å². The van der Waals surface area contributed by atoms with E-state index in [9.17, 15) is 39.6 Å². The Morgan fingerprint density at radius 3 is 2.47 bits per heavy atom. The van der Waals surface area contributed by atoms with Crippen molar-refractivity contribution in [2.24, 2.45) is 0 Å². The zero-order valence-electron chi connectivity index (χ0n) is 33.4. The molecule has 0 radical (unpaired) electrons. The third-order valence-electron chi connectivity index (χ3n) is 10.1. The number of alkyl halides is 3. The monoisotopic (exact) mass is 906 g/mol. The van der Waals surface area contributed by atoms with Crippen LogP contribution in [-0.4, -0.2) is 103 Å². The summed E-state index contributed by atoms with van der Waals surface area (Å²) in [4.78, 5) is 42.5. The summed E-state index contributed by atoms with van der Waals surface area (Å²) in [6.07, 6.45) is 7.47. The van der Waals surface area contributed by atoms with Crippen LogP contribution in [0.1, 0.15) is 38.4 Å². The molecule has 14 nitrogen and oxygen atoms in total. The van der Waals surface area contributed by atoms with Crippen molar-refractivity contribution in [2.75, 3.05) is 54.2 Å². The number of ketones is 1. The van der Waals surface area contributed by atoms with Gasteiger partial charge in [-0.05, 0) is 93.1 Å². The topological polar surface area (TPSA) is 176 Å². The zero-order chi connectivity index (χ0) is 44.2. The molecule has 0 aliphatic carbocycles. The molecule has 62 heavy (non-hydrogen) atoms. The minimum Gasteiger partial charge on any atom is -0.380 e. The number of nitrogens with zero attached hydrogens (tertiary/aromatic N) is 6. The molecule has 20 heteroatoms. The van der Waals surface area contributed by atoms with Crippen LogP contribution >= 0.6 is 11.8 Å². The van der Waals surface area contributed by atoms with E-state index in [0.717, 1.165) is 28.2 Å². The van der Waals surface area contributed by atoms with E-state index in [2.05, 4.69) is 25.6 Å². The van der Waals surface area contributed by atoms with Crippen LogP contribution in [0.5, 0.6) is 0 Å². The summed E-state index contributed by atoms with van der Waals surface area (Å²) in [5.74, 6) is -1.54. The predicted octanol–water partition coefficient (Wildman–Crippen LogP) is 6.41. The molecule has 1 amide bonds. The van der Waals surface area contributed by atoms with Gasteiger partial charge in [-0.25, -0.2) is 26.8 Å². The van der Waals surface area contributed by atoms with E-state index < -0.39 is 58.2 Å². The first kappa shape index (κ1) is 44.2. The number of amides is 1. The second-order valence-corrected chi connectivity index (χ2v) is 19.8. The van der Waals surface area contributed by atoms with Crippen LogP contribution < -0.4 is 15.5 Å². The van der Waals surface area contributed by atoms with Gasteiger partial charge in [-0.3, -0.25) is 14.6 Å². The minimum atomic E-state index is -6.06. The number of Topliss-reactive ketones (excluding diaryl/α,β-unsaturated/α-hetero) is 1. The molecule has 324 valence electrons. The summed E-state index contributed by atoms with van der Waals surface area (Å²) in [6.45, 7) is 1.21. The Balaban J connectivity index is 1.10. The van der Waals surface area contributed by atoms with Gasteiger partial charge in [0, 0.05) is 47.7 Å². The number of sulfone groups is 2. The molecule has 7 rings (SSSR count). The standard InChI is InChI=1S/C42H41F3N8O6S3/c1-51(2)19-17-29(26-60-30-9-4-3-5-10-30)47-35-15-14-31(22-37(35)62(58,59)42(43,44)45)61(56,57)27-36(54)34-12-7-13-39(48-34)52-20-16-28-8-6-11-32(33(28)24-52)41(55)50-38-25-53-21-18-46-23-40(53)49-38/h3-15,18,21-23,25,29,47H,16-17,19-20,24,26-27H2,1-2H3,(H,50,55)/t29-/m1/s1. The van der Waals surface area contributed by atoms with Gasteiger partial charge in [-0.1, -0.05) is 36.4 Å². The number of thioether (sulfide) groups is 1. The molecular weight excluding hydrogens is 866 g/mol. The number of anilines is 3. The number of nitrogens with one attached hydrogen (secondary N) is 2. The van der Waals surface area contributed by atoms with E-state index >= 15 is 0 Å². The van der Waals surface area contributed by atoms with Crippen LogP contribution in [0, 0.1) is 0 Å². The highest BCUT2D eigenvalue weighted by atomic mass is 32.2. The molecule has 4 heterocycles. The van der Waals surface area contributed by atoms with Crippen molar-refractivity contribution in [1.29, 1.82) is 0 Å². The molecule has 1 aliphatic heterocycles. The molecule has 0 fully saturated rings. The number of carbonyl (C=O) groups excluding carboxylic acids is 2. The van der Waals surface area contributed by atoms with E-state index in [-0.39, 0.29) is 18.1 Å². The van der Waals surface area contributed by atoms with Gasteiger partial charge in [0.25, 0.3) is 15.7 Å². The number of benzene rings is 3. The Hall–Kier alpha value is -5.83. The highest BCUT2D eigenvalue weighted by Gasteiger charge is 2.48. The lowest BCUT2D eigenvalue weighted by atomic mass is 9.94. The maximum atomic E-state index is 14.1. The van der Waals surface area contributed by atoms with Crippen molar-refractivity contribution in [3.63, 3.8) is 0 Å². The molecule has 0 saturated carbocycles. The Labute approximate surface area is 360 Å². The van der Waals surface area contributed by atoms with Crippen molar-refractivity contribution < 1.29 is 39.6 Å². The summed E-state index contributed by atoms with van der Waals surface area (Å²) in [5, 5.41) is 5.77. The second-order valence-electron chi connectivity index (χ2n) is 14.8. The number of rotatable bonds is 16. The SMILES string of the molecule is CN(C)CC[C@H](CSc1ccccc1)Nc1ccc(S(=O)(=O)CC(=O)c2cccc(N3CCc4cccc(C(=O)Nc5cn6ccncc6n5)c4C3)n2)cc1S(=O)(=O)C(F)(F)F. The van der Waals surface area contributed by atoms with Crippen molar-refractivity contribution in [3.05, 3.63) is 132 Å². The van der Waals surface area contributed by atoms with Crippen LogP contribution in [-0.2, 0) is 32.6 Å². The van der Waals surface area contributed by atoms with Gasteiger partial charge in [0.15, 0.2) is 27.1 Å². The lowest BCUT2D eigenvalue weighted by molar-refractivity contribution is -0.0435. The molecule has 3 aromatic heterocycles. The smallest absolute Gasteiger partial charge is 0.380 e. The first-order valence-electron chi connectivity index (χ1n) is 19.2. The first-order valence-corrected chi connectivity index (χ1v) is 23.3. The number of fused-ring (bicyclic) bond motifs is 2. The van der Waals surface area contributed by atoms with Gasteiger partial charge >= 0.3 is 5.51 Å². The Kier molecular flexibility index (Phi) is 13.0. The average Bonchev–Trinajstić information content (AvgIpc) is 3.66. The molecule has 0 bridgehead atoms. The number of pyridine rings is 1. The quantitative estimate of drug-likeness (QED) is 0.0806. The number of halogens is 3. The number of carbonyl (C=O) groups is 2. The number of imidazole rings is 1. The van der Waals surface area contributed by atoms with Crippen LogP contribution in [0.4, 0.5) is 30.5 Å². The highest BCUT2D eigenvalue weighted by molar-refractivity contribution is 7.99. The number of aromatic nitrogens is 4. The van der Waals surface area contributed by atoms with Crippen molar-refractivity contribution in [1.82, 2.24) is 24.3 Å². The largest absolute Gasteiger partial charge is 0.501 e. The molecule has 1 aliphatic rings. The maximum Gasteiger partial charge on any atom is 0.501 e. The van der Waals surface area contributed by atoms with Gasteiger partial charge in [0.1, 0.15) is 22.2 Å². The van der Waals surface area contributed by atoms with Crippen LogP contribution in [0.25, 0.3) is 5.65 Å². The van der Waals surface area contributed by atoms with Crippen LogP contribution in [0.15, 0.2) is 124 Å². The fraction of sp³-hybridized carbons (Fsp3) is 0.262. The normalized spacial score (nSPS) is 13.8. The highest BCUT2D eigenvalue weighted by Crippen LogP contribution is 2.37.